The molecule has 0 fully saturated rings. The highest BCUT2D eigenvalue weighted by Gasteiger charge is 2.12. The first-order valence-corrected chi connectivity index (χ1v) is 5.97. The lowest BCUT2D eigenvalue weighted by Crippen LogP contribution is -2.07. The summed E-state index contributed by atoms with van der Waals surface area (Å²) in [5.74, 6) is 1.46. The van der Waals surface area contributed by atoms with E-state index < -0.39 is 0 Å². The number of nitrogen functional groups attached to an aromatic ring is 1. The first kappa shape index (κ1) is 12.3. The van der Waals surface area contributed by atoms with Gasteiger partial charge in [-0.2, -0.15) is 0 Å². The zero-order valence-electron chi connectivity index (χ0n) is 9.43. The van der Waals surface area contributed by atoms with E-state index in [1.807, 2.05) is 4.57 Å². The molecule has 0 saturated carbocycles. The Hall–Kier alpha value is -0.750. The minimum absolute atomic E-state index is 0.296. The average Bonchev–Trinajstić information content (AvgIpc) is 2.54. The van der Waals surface area contributed by atoms with Crippen LogP contribution in [0.5, 0.6) is 0 Å². The number of hydrogen-bond donors (Lipinski definition) is 1. The van der Waals surface area contributed by atoms with E-state index in [0.717, 1.165) is 23.9 Å². The molecule has 6 heteroatoms. The van der Waals surface area contributed by atoms with Crippen LogP contribution in [0.25, 0.3) is 0 Å². The van der Waals surface area contributed by atoms with E-state index in [1.54, 1.807) is 18.9 Å². The maximum Gasteiger partial charge on any atom is 0.222 e. The molecular weight excluding hydrogens is 212 g/mol. The van der Waals surface area contributed by atoms with Crippen LogP contribution < -0.4 is 5.73 Å². The van der Waals surface area contributed by atoms with E-state index in [0.29, 0.717) is 12.0 Å². The molecule has 0 aliphatic carbocycles. The monoisotopic (exact) mass is 230 g/mol. The fourth-order valence-electron chi connectivity index (χ4n) is 1.24. The number of rotatable bonds is 6. The molecule has 5 nitrogen and oxygen atoms in total. The van der Waals surface area contributed by atoms with Crippen LogP contribution in [0.1, 0.15) is 26.3 Å². The van der Waals surface area contributed by atoms with Gasteiger partial charge in [0.1, 0.15) is 0 Å². The molecular formula is C9H18N4OS. The number of hydrogen-bond acceptors (Lipinski definition) is 5. The summed E-state index contributed by atoms with van der Waals surface area (Å²) in [6.45, 7) is 4.91. The molecule has 15 heavy (non-hydrogen) atoms. The molecule has 2 N–H and O–H groups in total. The van der Waals surface area contributed by atoms with Crippen molar-refractivity contribution in [3.63, 3.8) is 0 Å². The van der Waals surface area contributed by atoms with Crippen molar-refractivity contribution in [3.05, 3.63) is 0 Å². The third-order valence-corrected chi connectivity index (χ3v) is 2.96. The Morgan fingerprint density at radius 3 is 2.80 bits per heavy atom. The van der Waals surface area contributed by atoms with Crippen LogP contribution in [0.3, 0.4) is 0 Å². The first-order valence-electron chi connectivity index (χ1n) is 4.99. The second-order valence-corrected chi connectivity index (χ2v) is 4.56. The van der Waals surface area contributed by atoms with E-state index in [9.17, 15) is 0 Å². The van der Waals surface area contributed by atoms with Gasteiger partial charge < -0.3 is 10.5 Å². The second kappa shape index (κ2) is 5.97. The highest BCUT2D eigenvalue weighted by atomic mass is 32.2. The quantitative estimate of drug-likeness (QED) is 0.593. The molecule has 0 unspecified atom stereocenters. The summed E-state index contributed by atoms with van der Waals surface area (Å²) in [5.41, 5.74) is 5.72. The lowest BCUT2D eigenvalue weighted by atomic mass is 10.4. The van der Waals surface area contributed by atoms with Gasteiger partial charge in [-0.05, 0) is 20.3 Å². The molecule has 0 bridgehead atoms. The van der Waals surface area contributed by atoms with Crippen molar-refractivity contribution >= 4 is 17.7 Å². The fraction of sp³-hybridized carbons (Fsp3) is 0.778. The normalized spacial score (nSPS) is 11.2. The molecule has 1 aromatic rings. The van der Waals surface area contributed by atoms with Crippen molar-refractivity contribution in [1.82, 2.24) is 14.8 Å². The van der Waals surface area contributed by atoms with E-state index >= 15 is 0 Å². The zero-order valence-corrected chi connectivity index (χ0v) is 10.3. The summed E-state index contributed by atoms with van der Waals surface area (Å²) < 4.78 is 6.92. The van der Waals surface area contributed by atoms with Crippen LogP contribution in [0, 0.1) is 0 Å². The van der Waals surface area contributed by atoms with Gasteiger partial charge >= 0.3 is 0 Å². The van der Waals surface area contributed by atoms with Crippen LogP contribution in [0.4, 0.5) is 5.95 Å². The van der Waals surface area contributed by atoms with Gasteiger partial charge in [-0.25, -0.2) is 0 Å². The van der Waals surface area contributed by atoms with Crippen LogP contribution in [0.2, 0.25) is 0 Å². The third-order valence-electron chi connectivity index (χ3n) is 1.93. The number of nitrogens with zero attached hydrogens (tertiary/aromatic N) is 3. The fourth-order valence-corrected chi connectivity index (χ4v) is 2.23. The van der Waals surface area contributed by atoms with E-state index in [1.165, 1.54) is 0 Å². The standard InChI is InChI=1S/C9H18N4OS/c1-7(2)13-8(10)11-12-9(13)15-6-4-5-14-3/h7H,4-6H2,1-3H3,(H2,10,11). The minimum atomic E-state index is 0.296. The van der Waals surface area contributed by atoms with Crippen molar-refractivity contribution in [1.29, 1.82) is 0 Å². The number of ether oxygens (including phenoxy) is 1. The molecule has 0 spiro atoms. The lowest BCUT2D eigenvalue weighted by Gasteiger charge is -2.10. The maximum atomic E-state index is 5.72. The van der Waals surface area contributed by atoms with E-state index in [-0.39, 0.29) is 0 Å². The van der Waals surface area contributed by atoms with Gasteiger partial charge in [0.15, 0.2) is 5.16 Å². The molecule has 0 aliphatic rings. The lowest BCUT2D eigenvalue weighted by molar-refractivity contribution is 0.200. The summed E-state index contributed by atoms with van der Waals surface area (Å²) in [6, 6.07) is 0.296. The third kappa shape index (κ3) is 3.39. The van der Waals surface area contributed by atoms with Gasteiger partial charge in [0, 0.05) is 25.5 Å². The van der Waals surface area contributed by atoms with Crippen LogP contribution in [-0.4, -0.2) is 34.2 Å². The van der Waals surface area contributed by atoms with Crippen molar-refractivity contribution in [2.24, 2.45) is 0 Å². The molecule has 1 aromatic heterocycles. The van der Waals surface area contributed by atoms with Gasteiger partial charge in [0.25, 0.3) is 0 Å². The van der Waals surface area contributed by atoms with Crippen LogP contribution in [-0.2, 0) is 4.74 Å². The Kier molecular flexibility index (Phi) is 4.90. The predicted octanol–water partition coefficient (Wildman–Crippen LogP) is 1.57. The molecule has 0 aliphatic heterocycles. The number of aromatic nitrogens is 3. The number of methoxy groups -OCH3 is 1. The predicted molar refractivity (Wildman–Crippen MR) is 62.0 cm³/mol. The smallest absolute Gasteiger partial charge is 0.222 e. The molecule has 1 heterocycles. The van der Waals surface area contributed by atoms with E-state index in [4.69, 9.17) is 10.5 Å². The molecule has 0 atom stereocenters. The summed E-state index contributed by atoms with van der Waals surface area (Å²) in [7, 11) is 1.71. The average molecular weight is 230 g/mol. The molecule has 1 rings (SSSR count). The molecule has 0 saturated heterocycles. The Balaban J connectivity index is 2.53. The minimum Gasteiger partial charge on any atom is -0.385 e. The number of anilines is 1. The molecule has 0 amide bonds. The van der Waals surface area contributed by atoms with Crippen molar-refractivity contribution in [2.75, 3.05) is 25.2 Å². The number of nitrogens with two attached hydrogens (primary N) is 1. The highest BCUT2D eigenvalue weighted by Crippen LogP contribution is 2.22. The topological polar surface area (TPSA) is 66.0 Å². The SMILES string of the molecule is COCCCSc1nnc(N)n1C(C)C. The second-order valence-electron chi connectivity index (χ2n) is 3.50. The van der Waals surface area contributed by atoms with Gasteiger partial charge in [0.05, 0.1) is 0 Å². The number of thioether (sulfide) groups is 1. The first-order chi connectivity index (χ1) is 7.16. The molecule has 86 valence electrons. The van der Waals surface area contributed by atoms with Gasteiger partial charge in [-0.15, -0.1) is 10.2 Å². The summed E-state index contributed by atoms with van der Waals surface area (Å²) >= 11 is 1.67. The van der Waals surface area contributed by atoms with Crippen molar-refractivity contribution in [2.45, 2.75) is 31.5 Å². The Bertz CT molecular complexity index is 300. The largest absolute Gasteiger partial charge is 0.385 e. The van der Waals surface area contributed by atoms with Gasteiger partial charge in [0.2, 0.25) is 5.95 Å². The van der Waals surface area contributed by atoms with E-state index in [2.05, 4.69) is 24.0 Å². The Morgan fingerprint density at radius 1 is 1.47 bits per heavy atom. The highest BCUT2D eigenvalue weighted by molar-refractivity contribution is 7.99. The summed E-state index contributed by atoms with van der Waals surface area (Å²) in [5, 5.41) is 8.81. The van der Waals surface area contributed by atoms with Crippen LogP contribution >= 0.6 is 11.8 Å². The van der Waals surface area contributed by atoms with Crippen molar-refractivity contribution in [3.8, 4) is 0 Å². The van der Waals surface area contributed by atoms with Gasteiger partial charge in [-0.3, -0.25) is 4.57 Å². The van der Waals surface area contributed by atoms with Crippen LogP contribution in [0.15, 0.2) is 5.16 Å². The summed E-state index contributed by atoms with van der Waals surface area (Å²) in [6.07, 6.45) is 1.01. The summed E-state index contributed by atoms with van der Waals surface area (Å²) in [4.78, 5) is 0. The Morgan fingerprint density at radius 2 is 2.20 bits per heavy atom. The van der Waals surface area contributed by atoms with Crippen molar-refractivity contribution < 1.29 is 4.74 Å². The Labute approximate surface area is 94.4 Å². The maximum absolute atomic E-state index is 5.72. The molecule has 0 radical (unpaired) electrons. The molecule has 0 aromatic carbocycles. The van der Waals surface area contributed by atoms with Gasteiger partial charge in [-0.1, -0.05) is 11.8 Å². The zero-order chi connectivity index (χ0) is 11.3.